The number of alkyl halides is 2. The number of carbonyl (C=O) groups excluding carboxylic acids is 1. The lowest BCUT2D eigenvalue weighted by atomic mass is 10.2. The molecule has 1 rings (SSSR count). The van der Waals surface area contributed by atoms with Gasteiger partial charge in [-0.3, -0.25) is 4.79 Å². The van der Waals surface area contributed by atoms with Gasteiger partial charge in [-0.2, -0.15) is 0 Å². The fraction of sp³-hybridized carbons (Fsp3) is 0.889. The largest absolute Gasteiger partial charge is 0.462 e. The molecule has 1 aliphatic carbocycles. The van der Waals surface area contributed by atoms with Crippen molar-refractivity contribution in [1.82, 2.24) is 0 Å². The highest BCUT2D eigenvalue weighted by Crippen LogP contribution is 2.36. The van der Waals surface area contributed by atoms with E-state index in [0.29, 0.717) is 0 Å². The van der Waals surface area contributed by atoms with Crippen LogP contribution >= 0.6 is 0 Å². The molecule has 0 spiro atoms. The monoisotopic (exact) mass is 192 g/mol. The van der Waals surface area contributed by atoms with E-state index in [2.05, 4.69) is 0 Å². The fourth-order valence-corrected chi connectivity index (χ4v) is 1.31. The highest BCUT2D eigenvalue weighted by molar-refractivity contribution is 5.71. The minimum Gasteiger partial charge on any atom is -0.462 e. The Labute approximate surface area is 76.3 Å². The maximum atomic E-state index is 12.7. The van der Waals surface area contributed by atoms with Gasteiger partial charge in [0.1, 0.15) is 6.10 Å². The zero-order valence-corrected chi connectivity index (χ0v) is 7.85. The van der Waals surface area contributed by atoms with Crippen molar-refractivity contribution in [3.63, 3.8) is 0 Å². The lowest BCUT2D eigenvalue weighted by Crippen LogP contribution is -2.21. The van der Waals surface area contributed by atoms with Crippen LogP contribution in [0.4, 0.5) is 8.78 Å². The van der Waals surface area contributed by atoms with Gasteiger partial charge in [0.15, 0.2) is 0 Å². The molecule has 0 aromatic carbocycles. The molecule has 0 amide bonds. The van der Waals surface area contributed by atoms with Gasteiger partial charge in [-0.1, -0.05) is 13.8 Å². The Morgan fingerprint density at radius 3 is 2.54 bits per heavy atom. The van der Waals surface area contributed by atoms with E-state index in [1.54, 1.807) is 13.8 Å². The third-order valence-electron chi connectivity index (χ3n) is 2.11. The molecule has 1 atom stereocenters. The van der Waals surface area contributed by atoms with Gasteiger partial charge in [0.25, 0.3) is 5.92 Å². The molecule has 0 aromatic heterocycles. The Morgan fingerprint density at radius 2 is 2.15 bits per heavy atom. The molecule has 2 nitrogen and oxygen atoms in total. The Hall–Kier alpha value is -0.670. The maximum Gasteiger partial charge on any atom is 0.308 e. The van der Waals surface area contributed by atoms with Crippen LogP contribution in [0.1, 0.15) is 33.1 Å². The summed E-state index contributed by atoms with van der Waals surface area (Å²) >= 11 is 0. The van der Waals surface area contributed by atoms with Crippen molar-refractivity contribution in [2.75, 3.05) is 0 Å². The molecule has 0 radical (unpaired) electrons. The van der Waals surface area contributed by atoms with Crippen LogP contribution in [0.3, 0.4) is 0 Å². The van der Waals surface area contributed by atoms with Crippen LogP contribution in [0, 0.1) is 5.92 Å². The van der Waals surface area contributed by atoms with Crippen molar-refractivity contribution < 1.29 is 18.3 Å². The molecule has 76 valence electrons. The average molecular weight is 192 g/mol. The second kappa shape index (κ2) is 3.60. The van der Waals surface area contributed by atoms with Crippen LogP contribution in [-0.4, -0.2) is 18.0 Å². The first-order valence-corrected chi connectivity index (χ1v) is 4.49. The first kappa shape index (κ1) is 10.4. The Kier molecular flexibility index (Phi) is 2.88. The summed E-state index contributed by atoms with van der Waals surface area (Å²) in [6.07, 6.45) is -0.773. The molecule has 1 fully saturated rings. The van der Waals surface area contributed by atoms with E-state index in [4.69, 9.17) is 4.74 Å². The standard InChI is InChI=1S/C9H14F2O2/c1-6(2)8(12)13-7-3-4-9(10,11)5-7/h6-7H,3-5H2,1-2H3. The number of carbonyl (C=O) groups is 1. The van der Waals surface area contributed by atoms with Gasteiger partial charge in [0.05, 0.1) is 5.92 Å². The van der Waals surface area contributed by atoms with Crippen LogP contribution in [0.2, 0.25) is 0 Å². The summed E-state index contributed by atoms with van der Waals surface area (Å²) in [7, 11) is 0. The zero-order chi connectivity index (χ0) is 10.1. The molecule has 13 heavy (non-hydrogen) atoms. The summed E-state index contributed by atoms with van der Waals surface area (Å²) in [5.41, 5.74) is 0. The molecular weight excluding hydrogens is 178 g/mol. The van der Waals surface area contributed by atoms with Crippen molar-refractivity contribution in [3.05, 3.63) is 0 Å². The first-order chi connectivity index (χ1) is 5.91. The second-order valence-electron chi connectivity index (χ2n) is 3.81. The van der Waals surface area contributed by atoms with E-state index in [0.717, 1.165) is 0 Å². The molecule has 1 saturated carbocycles. The number of halogens is 2. The molecule has 0 saturated heterocycles. The van der Waals surface area contributed by atoms with Crippen molar-refractivity contribution in [3.8, 4) is 0 Å². The van der Waals surface area contributed by atoms with Crippen molar-refractivity contribution in [2.24, 2.45) is 5.92 Å². The second-order valence-corrected chi connectivity index (χ2v) is 3.81. The smallest absolute Gasteiger partial charge is 0.308 e. The van der Waals surface area contributed by atoms with Crippen LogP contribution in [0.5, 0.6) is 0 Å². The molecule has 0 bridgehead atoms. The summed E-state index contributed by atoms with van der Waals surface area (Å²) in [6, 6.07) is 0. The van der Waals surface area contributed by atoms with Crippen LogP contribution in [0.15, 0.2) is 0 Å². The van der Waals surface area contributed by atoms with Crippen LogP contribution in [0.25, 0.3) is 0 Å². The van der Waals surface area contributed by atoms with E-state index in [1.807, 2.05) is 0 Å². The lowest BCUT2D eigenvalue weighted by Gasteiger charge is -2.13. The van der Waals surface area contributed by atoms with E-state index < -0.39 is 12.0 Å². The van der Waals surface area contributed by atoms with Crippen molar-refractivity contribution >= 4 is 5.97 Å². The Morgan fingerprint density at radius 1 is 1.54 bits per heavy atom. The van der Waals surface area contributed by atoms with E-state index in [-0.39, 0.29) is 31.1 Å². The number of rotatable bonds is 2. The molecule has 0 aromatic rings. The summed E-state index contributed by atoms with van der Waals surface area (Å²) in [5, 5.41) is 0. The summed E-state index contributed by atoms with van der Waals surface area (Å²) < 4.78 is 30.2. The SMILES string of the molecule is CC(C)C(=O)OC1CCC(F)(F)C1. The topological polar surface area (TPSA) is 26.3 Å². The minimum atomic E-state index is -2.64. The normalized spacial score (nSPS) is 26.4. The Bertz CT molecular complexity index is 202. The lowest BCUT2D eigenvalue weighted by molar-refractivity contribution is -0.153. The molecular formula is C9H14F2O2. The molecule has 0 heterocycles. The molecule has 1 aliphatic rings. The number of ether oxygens (including phenoxy) is 1. The van der Waals surface area contributed by atoms with Gasteiger partial charge in [-0.25, -0.2) is 8.78 Å². The van der Waals surface area contributed by atoms with Gasteiger partial charge in [0, 0.05) is 12.8 Å². The van der Waals surface area contributed by atoms with Gasteiger partial charge >= 0.3 is 5.97 Å². The molecule has 1 unspecified atom stereocenters. The fourth-order valence-electron chi connectivity index (χ4n) is 1.31. The van der Waals surface area contributed by atoms with Gasteiger partial charge in [0.2, 0.25) is 0 Å². The number of hydrogen-bond acceptors (Lipinski definition) is 2. The zero-order valence-electron chi connectivity index (χ0n) is 7.85. The predicted octanol–water partition coefficient (Wildman–Crippen LogP) is 2.37. The minimum absolute atomic E-state index is 0.164. The van der Waals surface area contributed by atoms with E-state index >= 15 is 0 Å². The van der Waals surface area contributed by atoms with Crippen molar-refractivity contribution in [2.45, 2.75) is 45.1 Å². The highest BCUT2D eigenvalue weighted by atomic mass is 19.3. The van der Waals surface area contributed by atoms with E-state index in [9.17, 15) is 13.6 Å². The van der Waals surface area contributed by atoms with Gasteiger partial charge < -0.3 is 4.74 Å². The number of esters is 1. The Balaban J connectivity index is 2.37. The third kappa shape index (κ3) is 2.94. The third-order valence-corrected chi connectivity index (χ3v) is 2.11. The molecule has 4 heteroatoms. The molecule has 0 aliphatic heterocycles. The van der Waals surface area contributed by atoms with Crippen molar-refractivity contribution in [1.29, 1.82) is 0 Å². The summed E-state index contributed by atoms with van der Waals surface area (Å²) in [4.78, 5) is 11.0. The maximum absolute atomic E-state index is 12.7. The average Bonchev–Trinajstić information content (AvgIpc) is 2.30. The quantitative estimate of drug-likeness (QED) is 0.628. The predicted molar refractivity (Wildman–Crippen MR) is 43.5 cm³/mol. The highest BCUT2D eigenvalue weighted by Gasteiger charge is 2.41. The van der Waals surface area contributed by atoms with Gasteiger partial charge in [-0.05, 0) is 6.42 Å². The van der Waals surface area contributed by atoms with Gasteiger partial charge in [-0.15, -0.1) is 0 Å². The number of hydrogen-bond donors (Lipinski definition) is 0. The summed E-state index contributed by atoms with van der Waals surface area (Å²) in [5.74, 6) is -3.26. The first-order valence-electron chi connectivity index (χ1n) is 4.49. The molecule has 0 N–H and O–H groups in total. The van der Waals surface area contributed by atoms with Crippen LogP contribution < -0.4 is 0 Å². The summed E-state index contributed by atoms with van der Waals surface area (Å²) in [6.45, 7) is 3.38. The van der Waals surface area contributed by atoms with E-state index in [1.165, 1.54) is 0 Å². The van der Waals surface area contributed by atoms with Crippen LogP contribution in [-0.2, 0) is 9.53 Å².